The number of nitrogens with one attached hydrogen (secondary N) is 2. The van der Waals surface area contributed by atoms with Gasteiger partial charge in [0.05, 0.1) is 12.9 Å². The highest BCUT2D eigenvalue weighted by molar-refractivity contribution is 7.88. The third-order valence-corrected chi connectivity index (χ3v) is 3.02. The van der Waals surface area contributed by atoms with Gasteiger partial charge in [-0.1, -0.05) is 13.3 Å². The first-order chi connectivity index (χ1) is 7.77. The van der Waals surface area contributed by atoms with E-state index in [0.29, 0.717) is 13.2 Å². The Labute approximate surface area is 105 Å². The molecule has 0 saturated carbocycles. The Morgan fingerprint density at radius 2 is 1.88 bits per heavy atom. The van der Waals surface area contributed by atoms with Crippen LogP contribution in [0.3, 0.4) is 0 Å². The van der Waals surface area contributed by atoms with Gasteiger partial charge in [-0.3, -0.25) is 0 Å². The Morgan fingerprint density at radius 1 is 1.24 bits per heavy atom. The number of rotatable bonds is 10. The van der Waals surface area contributed by atoms with Crippen LogP contribution in [-0.4, -0.2) is 46.5 Å². The number of hydrogen-bond acceptors (Lipinski definition) is 4. The highest BCUT2D eigenvalue weighted by Crippen LogP contribution is 2.01. The lowest BCUT2D eigenvalue weighted by atomic mass is 10.1. The zero-order valence-electron chi connectivity index (χ0n) is 11.4. The molecule has 0 aromatic heterocycles. The van der Waals surface area contributed by atoms with E-state index in [0.717, 1.165) is 26.0 Å². The van der Waals surface area contributed by atoms with E-state index in [4.69, 9.17) is 4.74 Å². The Hall–Kier alpha value is -0.170. The van der Waals surface area contributed by atoms with Crippen molar-refractivity contribution in [2.24, 2.45) is 0 Å². The summed E-state index contributed by atoms with van der Waals surface area (Å²) in [6.07, 6.45) is 3.39. The second-order valence-electron chi connectivity index (χ2n) is 4.90. The Kier molecular flexibility index (Phi) is 7.94. The number of hydrogen-bond donors (Lipinski definition) is 2. The summed E-state index contributed by atoms with van der Waals surface area (Å²) >= 11 is 0. The molecule has 0 aromatic rings. The van der Waals surface area contributed by atoms with E-state index in [1.807, 2.05) is 13.8 Å². The quantitative estimate of drug-likeness (QED) is 0.572. The molecule has 0 fully saturated rings. The summed E-state index contributed by atoms with van der Waals surface area (Å²) in [4.78, 5) is 0. The summed E-state index contributed by atoms with van der Waals surface area (Å²) in [5.41, 5.74) is -0.475. The molecule has 5 nitrogen and oxygen atoms in total. The number of ether oxygens (including phenoxy) is 1. The maximum atomic E-state index is 11.1. The molecular weight excluding hydrogens is 240 g/mol. The fourth-order valence-electron chi connectivity index (χ4n) is 1.43. The molecule has 0 heterocycles. The predicted molar refractivity (Wildman–Crippen MR) is 70.7 cm³/mol. The van der Waals surface area contributed by atoms with Crippen LogP contribution < -0.4 is 10.0 Å². The van der Waals surface area contributed by atoms with E-state index in [1.165, 1.54) is 6.26 Å². The average Bonchev–Trinajstić information content (AvgIpc) is 2.12. The Morgan fingerprint density at radius 3 is 2.41 bits per heavy atom. The van der Waals surface area contributed by atoms with E-state index >= 15 is 0 Å². The third-order valence-electron chi connectivity index (χ3n) is 2.09. The molecular formula is C11H26N2O3S. The topological polar surface area (TPSA) is 67.4 Å². The monoisotopic (exact) mass is 266 g/mol. The Bertz CT molecular complexity index is 289. The lowest BCUT2D eigenvalue weighted by molar-refractivity contribution is 0.132. The van der Waals surface area contributed by atoms with Crippen LogP contribution in [0.25, 0.3) is 0 Å². The smallest absolute Gasteiger partial charge is 0.209 e. The first-order valence-corrected chi connectivity index (χ1v) is 7.93. The van der Waals surface area contributed by atoms with Gasteiger partial charge in [0.15, 0.2) is 0 Å². The largest absolute Gasteiger partial charge is 0.380 e. The van der Waals surface area contributed by atoms with Crippen molar-refractivity contribution in [1.82, 2.24) is 10.0 Å². The molecule has 0 aliphatic heterocycles. The van der Waals surface area contributed by atoms with Gasteiger partial charge >= 0.3 is 0 Å². The van der Waals surface area contributed by atoms with Gasteiger partial charge in [0.25, 0.3) is 0 Å². The first kappa shape index (κ1) is 16.8. The van der Waals surface area contributed by atoms with Crippen molar-refractivity contribution in [2.45, 2.75) is 39.2 Å². The molecule has 0 rings (SSSR count). The summed E-state index contributed by atoms with van der Waals surface area (Å²) < 4.78 is 30.1. The minimum absolute atomic E-state index is 0.475. The summed E-state index contributed by atoms with van der Waals surface area (Å²) in [7, 11) is -3.16. The summed E-state index contributed by atoms with van der Waals surface area (Å²) in [5.74, 6) is 0. The molecule has 0 aromatic carbocycles. The van der Waals surface area contributed by atoms with E-state index in [9.17, 15) is 8.42 Å². The van der Waals surface area contributed by atoms with Crippen molar-refractivity contribution in [1.29, 1.82) is 0 Å². The lowest BCUT2D eigenvalue weighted by Crippen LogP contribution is -2.50. The van der Waals surface area contributed by atoms with Crippen molar-refractivity contribution >= 4 is 10.0 Å². The molecule has 0 radical (unpaired) electrons. The van der Waals surface area contributed by atoms with Gasteiger partial charge in [0.2, 0.25) is 10.0 Å². The van der Waals surface area contributed by atoms with Crippen LogP contribution in [0.15, 0.2) is 0 Å². The van der Waals surface area contributed by atoms with Gasteiger partial charge in [-0.05, 0) is 20.3 Å². The third kappa shape index (κ3) is 12.1. The molecule has 0 unspecified atom stereocenters. The van der Waals surface area contributed by atoms with Crippen molar-refractivity contribution in [2.75, 3.05) is 32.6 Å². The van der Waals surface area contributed by atoms with Crippen molar-refractivity contribution < 1.29 is 13.2 Å². The van der Waals surface area contributed by atoms with Crippen LogP contribution in [0.4, 0.5) is 0 Å². The molecule has 0 atom stereocenters. The molecule has 0 saturated heterocycles. The van der Waals surface area contributed by atoms with E-state index in [1.54, 1.807) is 0 Å². The molecule has 6 heteroatoms. The SMILES string of the molecule is CCCCOCCNCC(C)(C)NS(C)(=O)=O. The van der Waals surface area contributed by atoms with Crippen molar-refractivity contribution in [3.63, 3.8) is 0 Å². The van der Waals surface area contributed by atoms with Gasteiger partial charge < -0.3 is 10.1 Å². The average molecular weight is 266 g/mol. The molecule has 0 amide bonds. The summed E-state index contributed by atoms with van der Waals surface area (Å²) in [6.45, 7) is 8.59. The van der Waals surface area contributed by atoms with E-state index < -0.39 is 15.6 Å². The minimum atomic E-state index is -3.16. The summed E-state index contributed by atoms with van der Waals surface area (Å²) in [6, 6.07) is 0. The first-order valence-electron chi connectivity index (χ1n) is 6.04. The van der Waals surface area contributed by atoms with Gasteiger partial charge in [-0.2, -0.15) is 0 Å². The molecule has 0 bridgehead atoms. The standard InChI is InChI=1S/C11H26N2O3S/c1-5-6-8-16-9-7-12-10-11(2,3)13-17(4,14)15/h12-13H,5-10H2,1-4H3. The van der Waals surface area contributed by atoms with Crippen LogP contribution in [-0.2, 0) is 14.8 Å². The van der Waals surface area contributed by atoms with Crippen LogP contribution in [0.1, 0.15) is 33.6 Å². The fourth-order valence-corrected chi connectivity index (χ4v) is 2.51. The zero-order chi connectivity index (χ0) is 13.4. The van der Waals surface area contributed by atoms with Crippen LogP contribution in [0.2, 0.25) is 0 Å². The fraction of sp³-hybridized carbons (Fsp3) is 1.00. The lowest BCUT2D eigenvalue weighted by Gasteiger charge is -2.25. The Balaban J connectivity index is 3.59. The highest BCUT2D eigenvalue weighted by atomic mass is 32.2. The van der Waals surface area contributed by atoms with Crippen LogP contribution in [0.5, 0.6) is 0 Å². The minimum Gasteiger partial charge on any atom is -0.380 e. The molecule has 0 aliphatic carbocycles. The molecule has 17 heavy (non-hydrogen) atoms. The zero-order valence-corrected chi connectivity index (χ0v) is 12.2. The molecule has 104 valence electrons. The van der Waals surface area contributed by atoms with Crippen molar-refractivity contribution in [3.05, 3.63) is 0 Å². The highest BCUT2D eigenvalue weighted by Gasteiger charge is 2.21. The van der Waals surface area contributed by atoms with E-state index in [-0.39, 0.29) is 0 Å². The maximum absolute atomic E-state index is 11.1. The van der Waals surface area contributed by atoms with Gasteiger partial charge in [0.1, 0.15) is 0 Å². The second-order valence-corrected chi connectivity index (χ2v) is 6.65. The molecule has 0 spiro atoms. The predicted octanol–water partition coefficient (Wildman–Crippen LogP) is 0.721. The number of sulfonamides is 1. The van der Waals surface area contributed by atoms with E-state index in [2.05, 4.69) is 17.0 Å². The number of unbranched alkanes of at least 4 members (excludes halogenated alkanes) is 1. The normalized spacial score (nSPS) is 12.9. The van der Waals surface area contributed by atoms with Crippen LogP contribution in [0, 0.1) is 0 Å². The molecule has 0 aliphatic rings. The van der Waals surface area contributed by atoms with Gasteiger partial charge in [-0.15, -0.1) is 0 Å². The van der Waals surface area contributed by atoms with Gasteiger partial charge in [-0.25, -0.2) is 13.1 Å². The van der Waals surface area contributed by atoms with Crippen molar-refractivity contribution in [3.8, 4) is 0 Å². The second kappa shape index (κ2) is 8.02. The molecule has 2 N–H and O–H groups in total. The van der Waals surface area contributed by atoms with Gasteiger partial charge in [0, 0.05) is 25.2 Å². The summed E-state index contributed by atoms with van der Waals surface area (Å²) in [5, 5.41) is 3.17. The van der Waals surface area contributed by atoms with Crippen LogP contribution >= 0.6 is 0 Å². The maximum Gasteiger partial charge on any atom is 0.209 e.